The van der Waals surface area contributed by atoms with Crippen LogP contribution in [0.3, 0.4) is 0 Å². The molecule has 20 heavy (non-hydrogen) atoms. The van der Waals surface area contributed by atoms with Crippen LogP contribution in [-0.4, -0.2) is 40.3 Å². The zero-order valence-corrected chi connectivity index (χ0v) is 11.8. The Balaban J connectivity index is 1.76. The maximum Gasteiger partial charge on any atom is 0.310 e. The predicted octanol–water partition coefficient (Wildman–Crippen LogP) is 2.17. The quantitative estimate of drug-likeness (QED) is 0.910. The molecule has 1 aliphatic rings. The Morgan fingerprint density at radius 1 is 1.40 bits per heavy atom. The van der Waals surface area contributed by atoms with Crippen LogP contribution in [0.2, 0.25) is 0 Å². The van der Waals surface area contributed by atoms with Gasteiger partial charge in [-0.15, -0.1) is 11.3 Å². The van der Waals surface area contributed by atoms with Gasteiger partial charge in [-0.05, 0) is 28.8 Å². The fraction of sp³-hybridized carbons (Fsp3) is 0.400. The Kier molecular flexibility index (Phi) is 3.74. The Morgan fingerprint density at radius 3 is 3.00 bits per heavy atom. The van der Waals surface area contributed by atoms with E-state index in [0.29, 0.717) is 13.0 Å². The molecule has 0 radical (unpaired) electrons. The van der Waals surface area contributed by atoms with E-state index in [2.05, 4.69) is 22.4 Å². The van der Waals surface area contributed by atoms with Crippen LogP contribution < -0.4 is 0 Å². The Labute approximate surface area is 121 Å². The normalized spacial score (nSPS) is 24.1. The third-order valence-electron chi connectivity index (χ3n) is 3.93. The minimum Gasteiger partial charge on any atom is -0.481 e. The van der Waals surface area contributed by atoms with E-state index in [1.54, 1.807) is 11.3 Å². The smallest absolute Gasteiger partial charge is 0.310 e. The molecule has 5 heteroatoms. The van der Waals surface area contributed by atoms with Crippen molar-refractivity contribution in [3.05, 3.63) is 35.2 Å². The highest BCUT2D eigenvalue weighted by Gasteiger charge is 2.33. The molecule has 2 aromatic rings. The lowest BCUT2D eigenvalue weighted by Gasteiger charge is -2.33. The summed E-state index contributed by atoms with van der Waals surface area (Å²) >= 11 is 1.72. The van der Waals surface area contributed by atoms with Crippen LogP contribution in [0.1, 0.15) is 12.0 Å². The lowest BCUT2D eigenvalue weighted by molar-refractivity contribution is -0.149. The average molecular weight is 291 g/mol. The van der Waals surface area contributed by atoms with Gasteiger partial charge in [0.05, 0.1) is 12.0 Å². The molecule has 1 fully saturated rings. The summed E-state index contributed by atoms with van der Waals surface area (Å²) in [5.41, 5.74) is 1.24. The number of fused-ring (bicyclic) bond motifs is 1. The van der Waals surface area contributed by atoms with Crippen molar-refractivity contribution in [2.45, 2.75) is 19.1 Å². The summed E-state index contributed by atoms with van der Waals surface area (Å²) in [7, 11) is 0. The van der Waals surface area contributed by atoms with Crippen LogP contribution in [0.5, 0.6) is 0 Å². The molecule has 3 rings (SSSR count). The highest BCUT2D eigenvalue weighted by atomic mass is 32.1. The summed E-state index contributed by atoms with van der Waals surface area (Å²) in [6.07, 6.45) is -0.193. The van der Waals surface area contributed by atoms with E-state index in [0.717, 1.165) is 13.1 Å². The maximum atomic E-state index is 11.1. The molecule has 1 aliphatic heterocycles. The summed E-state index contributed by atoms with van der Waals surface area (Å²) < 4.78 is 1.26. The Morgan fingerprint density at radius 2 is 2.20 bits per heavy atom. The van der Waals surface area contributed by atoms with Crippen molar-refractivity contribution in [3.63, 3.8) is 0 Å². The number of aliphatic hydroxyl groups is 1. The lowest BCUT2D eigenvalue weighted by atomic mass is 9.94. The highest BCUT2D eigenvalue weighted by Crippen LogP contribution is 2.28. The van der Waals surface area contributed by atoms with E-state index in [9.17, 15) is 9.90 Å². The summed E-state index contributed by atoms with van der Waals surface area (Å²) in [5, 5.41) is 22.3. The molecule has 0 aliphatic carbocycles. The fourth-order valence-electron chi connectivity index (χ4n) is 2.79. The third-order valence-corrected chi connectivity index (χ3v) is 4.95. The first-order valence-electron chi connectivity index (χ1n) is 6.73. The molecule has 1 saturated heterocycles. The second kappa shape index (κ2) is 5.52. The van der Waals surface area contributed by atoms with Crippen LogP contribution in [0, 0.1) is 5.92 Å². The number of thiophene rings is 1. The fourth-order valence-corrected chi connectivity index (χ4v) is 3.74. The zero-order chi connectivity index (χ0) is 14.1. The second-order valence-electron chi connectivity index (χ2n) is 5.29. The van der Waals surface area contributed by atoms with E-state index in [-0.39, 0.29) is 0 Å². The van der Waals surface area contributed by atoms with Crippen molar-refractivity contribution in [1.29, 1.82) is 0 Å². The summed E-state index contributed by atoms with van der Waals surface area (Å²) in [6, 6.07) is 8.26. The van der Waals surface area contributed by atoms with Crippen molar-refractivity contribution in [2.75, 3.05) is 13.1 Å². The number of rotatable bonds is 3. The molecule has 2 N–H and O–H groups in total. The molecule has 0 saturated carbocycles. The molecule has 1 aromatic carbocycles. The van der Waals surface area contributed by atoms with Crippen LogP contribution in [0.15, 0.2) is 29.6 Å². The third kappa shape index (κ3) is 2.57. The Bertz CT molecular complexity index is 624. The summed E-state index contributed by atoms with van der Waals surface area (Å²) in [6.45, 7) is 1.91. The first-order valence-corrected chi connectivity index (χ1v) is 7.61. The van der Waals surface area contributed by atoms with E-state index >= 15 is 0 Å². The number of hydrogen-bond acceptors (Lipinski definition) is 4. The van der Waals surface area contributed by atoms with Gasteiger partial charge in [0.2, 0.25) is 0 Å². The van der Waals surface area contributed by atoms with Gasteiger partial charge in [-0.3, -0.25) is 9.69 Å². The minimum absolute atomic E-state index is 0.417. The van der Waals surface area contributed by atoms with Gasteiger partial charge in [0.25, 0.3) is 0 Å². The lowest BCUT2D eigenvalue weighted by Crippen LogP contribution is -2.46. The van der Waals surface area contributed by atoms with Crippen LogP contribution in [0.4, 0.5) is 0 Å². The average Bonchev–Trinajstić information content (AvgIpc) is 2.84. The maximum absolute atomic E-state index is 11.1. The number of nitrogens with zero attached hydrogens (tertiary/aromatic N) is 1. The number of likely N-dealkylation sites (tertiary alicyclic amines) is 1. The molecule has 0 bridgehead atoms. The number of aliphatic carboxylic acids is 1. The van der Waals surface area contributed by atoms with Gasteiger partial charge >= 0.3 is 5.97 Å². The van der Waals surface area contributed by atoms with E-state index in [4.69, 9.17) is 5.11 Å². The SMILES string of the molecule is O=C(O)[C@@H]1CN(Cc2csc3ccccc23)CC[C@@H]1O. The minimum atomic E-state index is -0.905. The van der Waals surface area contributed by atoms with E-state index in [1.165, 1.54) is 15.6 Å². The number of carboxylic acids is 1. The zero-order valence-electron chi connectivity index (χ0n) is 11.0. The van der Waals surface area contributed by atoms with Crippen LogP contribution in [-0.2, 0) is 11.3 Å². The van der Waals surface area contributed by atoms with Gasteiger partial charge < -0.3 is 10.2 Å². The van der Waals surface area contributed by atoms with Gasteiger partial charge in [-0.25, -0.2) is 0 Å². The summed E-state index contributed by atoms with van der Waals surface area (Å²) in [5.74, 6) is -1.58. The summed E-state index contributed by atoms with van der Waals surface area (Å²) in [4.78, 5) is 13.3. The largest absolute Gasteiger partial charge is 0.481 e. The molecular formula is C15H17NO3S. The number of carboxylic acid groups (broad SMARTS) is 1. The van der Waals surface area contributed by atoms with Crippen molar-refractivity contribution < 1.29 is 15.0 Å². The van der Waals surface area contributed by atoms with Crippen molar-refractivity contribution in [1.82, 2.24) is 4.90 Å². The first kappa shape index (κ1) is 13.5. The van der Waals surface area contributed by atoms with Crippen molar-refractivity contribution in [3.8, 4) is 0 Å². The van der Waals surface area contributed by atoms with E-state index < -0.39 is 18.0 Å². The van der Waals surface area contributed by atoms with Gasteiger partial charge in [-0.2, -0.15) is 0 Å². The van der Waals surface area contributed by atoms with Crippen molar-refractivity contribution >= 4 is 27.4 Å². The molecular weight excluding hydrogens is 274 g/mol. The van der Waals surface area contributed by atoms with Gasteiger partial charge in [0, 0.05) is 24.3 Å². The van der Waals surface area contributed by atoms with Crippen LogP contribution in [0.25, 0.3) is 10.1 Å². The standard InChI is InChI=1S/C15H17NO3S/c17-13-5-6-16(8-12(13)15(18)19)7-10-9-20-14-4-2-1-3-11(10)14/h1-4,9,12-13,17H,5-8H2,(H,18,19)/t12-,13+/m1/s1. The second-order valence-corrected chi connectivity index (χ2v) is 6.20. The highest BCUT2D eigenvalue weighted by molar-refractivity contribution is 7.17. The first-order chi connectivity index (χ1) is 9.65. The van der Waals surface area contributed by atoms with Crippen LogP contribution >= 0.6 is 11.3 Å². The number of carbonyl (C=O) groups is 1. The molecule has 1 aromatic heterocycles. The number of aliphatic hydroxyl groups excluding tert-OH is 1. The van der Waals surface area contributed by atoms with Crippen molar-refractivity contribution in [2.24, 2.45) is 5.92 Å². The predicted molar refractivity (Wildman–Crippen MR) is 78.9 cm³/mol. The molecule has 2 atom stereocenters. The van der Waals surface area contributed by atoms with Gasteiger partial charge in [-0.1, -0.05) is 18.2 Å². The monoisotopic (exact) mass is 291 g/mol. The molecule has 0 amide bonds. The molecule has 4 nitrogen and oxygen atoms in total. The molecule has 106 valence electrons. The molecule has 0 spiro atoms. The number of hydrogen-bond donors (Lipinski definition) is 2. The molecule has 2 heterocycles. The number of benzene rings is 1. The van der Waals surface area contributed by atoms with E-state index in [1.807, 2.05) is 12.1 Å². The van der Waals surface area contributed by atoms with Gasteiger partial charge in [0.1, 0.15) is 0 Å². The van der Waals surface area contributed by atoms with Gasteiger partial charge in [0.15, 0.2) is 0 Å². The number of piperidine rings is 1. The Hall–Kier alpha value is -1.43. The topological polar surface area (TPSA) is 60.8 Å². The molecule has 0 unspecified atom stereocenters.